The molecule has 0 spiro atoms. The van der Waals surface area contributed by atoms with Crippen molar-refractivity contribution in [3.8, 4) is 0 Å². The zero-order valence-corrected chi connectivity index (χ0v) is 12.7. The van der Waals surface area contributed by atoms with Gasteiger partial charge in [-0.3, -0.25) is 0 Å². The summed E-state index contributed by atoms with van der Waals surface area (Å²) in [6, 6.07) is 11.8. The van der Waals surface area contributed by atoms with Crippen molar-refractivity contribution in [2.45, 2.75) is 19.9 Å². The van der Waals surface area contributed by atoms with Crippen LogP contribution >= 0.6 is 27.5 Å². The Morgan fingerprint density at radius 1 is 1.00 bits per heavy atom. The van der Waals surface area contributed by atoms with Crippen LogP contribution in [-0.4, -0.2) is 0 Å². The molecule has 18 heavy (non-hydrogen) atoms. The Morgan fingerprint density at radius 3 is 2.00 bits per heavy atom. The van der Waals surface area contributed by atoms with E-state index in [0.717, 1.165) is 20.6 Å². The summed E-state index contributed by atoms with van der Waals surface area (Å²) in [7, 11) is 0. The average Bonchev–Trinajstić information content (AvgIpc) is 2.35. The second-order valence-electron chi connectivity index (χ2n) is 4.50. The van der Waals surface area contributed by atoms with Crippen LogP contribution in [0.2, 0.25) is 5.02 Å². The van der Waals surface area contributed by atoms with E-state index in [1.165, 1.54) is 11.1 Å². The molecule has 0 saturated heterocycles. The molecule has 0 amide bonds. The van der Waals surface area contributed by atoms with Gasteiger partial charge < -0.3 is 5.73 Å². The fourth-order valence-electron chi connectivity index (χ4n) is 2.02. The highest BCUT2D eigenvalue weighted by Gasteiger charge is 2.11. The number of halogens is 2. The van der Waals surface area contributed by atoms with Crippen molar-refractivity contribution in [2.24, 2.45) is 5.73 Å². The van der Waals surface area contributed by atoms with Crippen molar-refractivity contribution >= 4 is 27.5 Å². The van der Waals surface area contributed by atoms with Crippen molar-refractivity contribution in [1.82, 2.24) is 0 Å². The molecule has 0 heterocycles. The molecule has 2 rings (SSSR count). The van der Waals surface area contributed by atoms with Crippen LogP contribution in [0.1, 0.15) is 28.3 Å². The fourth-order valence-corrected chi connectivity index (χ4v) is 2.38. The molecule has 0 fully saturated rings. The Balaban J connectivity index is 2.39. The SMILES string of the molecule is Cc1cc(C(N)c2ccc(Cl)cc2)cc(C)c1Br. The van der Waals surface area contributed by atoms with Gasteiger partial charge in [-0.15, -0.1) is 0 Å². The standard InChI is InChI=1S/C15H15BrClN/c1-9-7-12(8-10(2)14(9)16)15(18)11-3-5-13(17)6-4-11/h3-8,15H,18H2,1-2H3. The largest absolute Gasteiger partial charge is 0.320 e. The molecule has 2 N–H and O–H groups in total. The number of hydrogen-bond acceptors (Lipinski definition) is 1. The van der Waals surface area contributed by atoms with Gasteiger partial charge in [0.2, 0.25) is 0 Å². The lowest BCUT2D eigenvalue weighted by Gasteiger charge is -2.15. The minimum absolute atomic E-state index is 0.118. The summed E-state index contributed by atoms with van der Waals surface area (Å²) in [6.07, 6.45) is 0. The maximum Gasteiger partial charge on any atom is 0.0551 e. The first-order valence-corrected chi connectivity index (χ1v) is 6.94. The molecule has 0 saturated carbocycles. The molecule has 0 aliphatic heterocycles. The molecule has 1 atom stereocenters. The summed E-state index contributed by atoms with van der Waals surface area (Å²) in [5.74, 6) is 0. The van der Waals surface area contributed by atoms with E-state index in [-0.39, 0.29) is 6.04 Å². The van der Waals surface area contributed by atoms with Crippen LogP contribution in [0.5, 0.6) is 0 Å². The van der Waals surface area contributed by atoms with E-state index in [4.69, 9.17) is 17.3 Å². The quantitative estimate of drug-likeness (QED) is 0.846. The first-order valence-electron chi connectivity index (χ1n) is 5.76. The number of aryl methyl sites for hydroxylation is 2. The van der Waals surface area contributed by atoms with Gasteiger partial charge in [-0.1, -0.05) is 51.8 Å². The van der Waals surface area contributed by atoms with Crippen LogP contribution in [0, 0.1) is 13.8 Å². The molecule has 0 radical (unpaired) electrons. The lowest BCUT2D eigenvalue weighted by Crippen LogP contribution is -2.12. The fraction of sp³-hybridized carbons (Fsp3) is 0.200. The van der Waals surface area contributed by atoms with Crippen molar-refractivity contribution < 1.29 is 0 Å². The minimum atomic E-state index is -0.118. The van der Waals surface area contributed by atoms with Crippen molar-refractivity contribution in [3.05, 3.63) is 68.1 Å². The van der Waals surface area contributed by atoms with Crippen LogP contribution in [0.15, 0.2) is 40.9 Å². The van der Waals surface area contributed by atoms with Gasteiger partial charge in [-0.05, 0) is 48.2 Å². The van der Waals surface area contributed by atoms with Crippen LogP contribution in [0.3, 0.4) is 0 Å². The summed E-state index contributed by atoms with van der Waals surface area (Å²) >= 11 is 9.46. The smallest absolute Gasteiger partial charge is 0.0551 e. The van der Waals surface area contributed by atoms with E-state index in [1.54, 1.807) is 0 Å². The highest BCUT2D eigenvalue weighted by atomic mass is 79.9. The summed E-state index contributed by atoms with van der Waals surface area (Å²) < 4.78 is 1.15. The van der Waals surface area contributed by atoms with Gasteiger partial charge >= 0.3 is 0 Å². The van der Waals surface area contributed by atoms with E-state index >= 15 is 0 Å². The van der Waals surface area contributed by atoms with E-state index in [2.05, 4.69) is 41.9 Å². The molecule has 2 aromatic rings. The Labute approximate surface area is 121 Å². The van der Waals surface area contributed by atoms with Crippen LogP contribution in [0.25, 0.3) is 0 Å². The van der Waals surface area contributed by atoms with Crippen LogP contribution in [0.4, 0.5) is 0 Å². The van der Waals surface area contributed by atoms with Gasteiger partial charge in [0.15, 0.2) is 0 Å². The van der Waals surface area contributed by atoms with Gasteiger partial charge in [0.05, 0.1) is 6.04 Å². The van der Waals surface area contributed by atoms with Gasteiger partial charge in [-0.25, -0.2) is 0 Å². The van der Waals surface area contributed by atoms with Crippen LogP contribution in [-0.2, 0) is 0 Å². The second-order valence-corrected chi connectivity index (χ2v) is 5.73. The number of hydrogen-bond donors (Lipinski definition) is 1. The van der Waals surface area contributed by atoms with Gasteiger partial charge in [0.1, 0.15) is 0 Å². The molecule has 1 nitrogen and oxygen atoms in total. The summed E-state index contributed by atoms with van der Waals surface area (Å²) in [5.41, 5.74) is 10.9. The summed E-state index contributed by atoms with van der Waals surface area (Å²) in [5, 5.41) is 0.731. The Kier molecular flexibility index (Phi) is 4.10. The zero-order chi connectivity index (χ0) is 13.3. The molecular formula is C15H15BrClN. The first kappa shape index (κ1) is 13.6. The van der Waals surface area contributed by atoms with Gasteiger partial charge in [0.25, 0.3) is 0 Å². The number of rotatable bonds is 2. The highest BCUT2D eigenvalue weighted by molar-refractivity contribution is 9.10. The number of benzene rings is 2. The molecule has 0 bridgehead atoms. The van der Waals surface area contributed by atoms with E-state index in [1.807, 2.05) is 24.3 Å². The van der Waals surface area contributed by atoms with Crippen molar-refractivity contribution in [3.63, 3.8) is 0 Å². The van der Waals surface area contributed by atoms with Gasteiger partial charge in [0, 0.05) is 9.50 Å². The molecule has 2 aromatic carbocycles. The van der Waals surface area contributed by atoms with Crippen molar-refractivity contribution in [2.75, 3.05) is 0 Å². The third kappa shape index (κ3) is 2.77. The van der Waals surface area contributed by atoms with Gasteiger partial charge in [-0.2, -0.15) is 0 Å². The molecule has 94 valence electrons. The highest BCUT2D eigenvalue weighted by Crippen LogP contribution is 2.28. The zero-order valence-electron chi connectivity index (χ0n) is 10.4. The van der Waals surface area contributed by atoms with E-state index in [9.17, 15) is 0 Å². The third-order valence-electron chi connectivity index (χ3n) is 3.05. The molecule has 0 aliphatic carbocycles. The van der Waals surface area contributed by atoms with E-state index < -0.39 is 0 Å². The monoisotopic (exact) mass is 323 g/mol. The lowest BCUT2D eigenvalue weighted by atomic mass is 9.96. The molecular weight excluding hydrogens is 310 g/mol. The molecule has 1 unspecified atom stereocenters. The Morgan fingerprint density at radius 2 is 1.50 bits per heavy atom. The molecule has 0 aliphatic rings. The average molecular weight is 325 g/mol. The predicted molar refractivity (Wildman–Crippen MR) is 81.1 cm³/mol. The second kappa shape index (κ2) is 5.43. The number of nitrogens with two attached hydrogens (primary N) is 1. The predicted octanol–water partition coefficient (Wildman–Crippen LogP) is 4.77. The maximum atomic E-state index is 6.30. The van der Waals surface area contributed by atoms with Crippen molar-refractivity contribution in [1.29, 1.82) is 0 Å². The topological polar surface area (TPSA) is 26.0 Å². The van der Waals surface area contributed by atoms with Crippen LogP contribution < -0.4 is 5.73 Å². The molecule has 0 aromatic heterocycles. The maximum absolute atomic E-state index is 6.30. The normalized spacial score (nSPS) is 12.5. The first-order chi connectivity index (χ1) is 8.49. The van der Waals surface area contributed by atoms with E-state index in [0.29, 0.717) is 0 Å². The Bertz CT molecular complexity index is 540. The minimum Gasteiger partial charge on any atom is -0.320 e. The lowest BCUT2D eigenvalue weighted by molar-refractivity contribution is 0.867. The third-order valence-corrected chi connectivity index (χ3v) is 4.55. The Hall–Kier alpha value is -0.830. The molecule has 3 heteroatoms. The summed E-state index contributed by atoms with van der Waals surface area (Å²) in [4.78, 5) is 0. The summed E-state index contributed by atoms with van der Waals surface area (Å²) in [6.45, 7) is 4.16.